The quantitative estimate of drug-likeness (QED) is 0.562. The van der Waals surface area contributed by atoms with Crippen molar-refractivity contribution < 1.29 is 4.39 Å². The molecule has 3 aromatic heterocycles. The van der Waals surface area contributed by atoms with Crippen LogP contribution in [0.5, 0.6) is 0 Å². The number of fused-ring (bicyclic) bond motifs is 2. The summed E-state index contributed by atoms with van der Waals surface area (Å²) in [6.07, 6.45) is 1.59. The Morgan fingerprint density at radius 1 is 1.07 bits per heavy atom. The molecule has 1 aliphatic rings. The van der Waals surface area contributed by atoms with E-state index < -0.39 is 0 Å². The van der Waals surface area contributed by atoms with E-state index in [1.165, 1.54) is 11.5 Å². The van der Waals surface area contributed by atoms with Crippen LogP contribution in [0.4, 0.5) is 4.39 Å². The van der Waals surface area contributed by atoms with Gasteiger partial charge in [0.1, 0.15) is 11.4 Å². The zero-order valence-corrected chi connectivity index (χ0v) is 15.0. The summed E-state index contributed by atoms with van der Waals surface area (Å²) in [6, 6.07) is 13.2. The van der Waals surface area contributed by atoms with Gasteiger partial charge in [-0.2, -0.15) is 10.2 Å². The van der Waals surface area contributed by atoms with Crippen LogP contribution in [0.25, 0.3) is 22.3 Å². The number of aryl methyl sites for hydroxylation is 1. The van der Waals surface area contributed by atoms with Gasteiger partial charge in [-0.15, -0.1) is 0 Å². The smallest absolute Gasteiger partial charge is 0.151 e. The third kappa shape index (κ3) is 2.80. The molecule has 0 radical (unpaired) electrons. The van der Waals surface area contributed by atoms with E-state index >= 15 is 0 Å². The minimum Gasteiger partial charge on any atom is -0.290 e. The standard InChI is InChI=1S/C20H19FN6/c1-25-19-7-3-2-5-15(19)18(23-25)13-26-9-10-27-14(12-26)11-17(24-27)20-16(21)6-4-8-22-20/h2-8,11H,9-10,12-13H2,1H3. The van der Waals surface area contributed by atoms with Gasteiger partial charge in [0.05, 0.1) is 23.4 Å². The van der Waals surface area contributed by atoms with Gasteiger partial charge in [0.15, 0.2) is 5.82 Å². The normalized spacial score (nSPS) is 14.6. The first-order valence-corrected chi connectivity index (χ1v) is 8.99. The number of aromatic nitrogens is 5. The summed E-state index contributed by atoms with van der Waals surface area (Å²) in [5, 5.41) is 10.4. The van der Waals surface area contributed by atoms with Crippen LogP contribution in [0, 0.1) is 5.82 Å². The van der Waals surface area contributed by atoms with Crippen molar-refractivity contribution in [2.24, 2.45) is 7.05 Å². The summed E-state index contributed by atoms with van der Waals surface area (Å²) in [5.41, 5.74) is 4.19. The average Bonchev–Trinajstić information content (AvgIpc) is 3.24. The van der Waals surface area contributed by atoms with E-state index in [0.717, 1.165) is 43.1 Å². The van der Waals surface area contributed by atoms with Crippen molar-refractivity contribution in [3.05, 3.63) is 65.9 Å². The molecule has 0 amide bonds. The molecular formula is C20H19FN6. The van der Waals surface area contributed by atoms with Crippen LogP contribution in [0.3, 0.4) is 0 Å². The molecule has 0 fully saturated rings. The maximum absolute atomic E-state index is 14.0. The van der Waals surface area contributed by atoms with E-state index in [1.54, 1.807) is 12.3 Å². The fourth-order valence-electron chi connectivity index (χ4n) is 3.76. The van der Waals surface area contributed by atoms with Gasteiger partial charge in [0.2, 0.25) is 0 Å². The van der Waals surface area contributed by atoms with E-state index in [2.05, 4.69) is 27.1 Å². The lowest BCUT2D eigenvalue weighted by Crippen LogP contribution is -2.33. The monoisotopic (exact) mass is 362 g/mol. The summed E-state index contributed by atoms with van der Waals surface area (Å²) >= 11 is 0. The fourth-order valence-corrected chi connectivity index (χ4v) is 3.76. The maximum atomic E-state index is 14.0. The lowest BCUT2D eigenvalue weighted by Gasteiger charge is -2.26. The zero-order valence-electron chi connectivity index (χ0n) is 15.0. The lowest BCUT2D eigenvalue weighted by molar-refractivity contribution is 0.203. The summed E-state index contributed by atoms with van der Waals surface area (Å²) in [7, 11) is 1.98. The lowest BCUT2D eigenvalue weighted by atomic mass is 10.2. The average molecular weight is 362 g/mol. The fraction of sp³-hybridized carbons (Fsp3) is 0.250. The van der Waals surface area contributed by atoms with Gasteiger partial charge in [-0.3, -0.25) is 19.2 Å². The highest BCUT2D eigenvalue weighted by molar-refractivity contribution is 5.81. The van der Waals surface area contributed by atoms with Crippen LogP contribution in [-0.2, 0) is 26.7 Å². The zero-order chi connectivity index (χ0) is 18.4. The molecule has 0 saturated carbocycles. The first-order chi connectivity index (χ1) is 13.2. The molecule has 7 heteroatoms. The van der Waals surface area contributed by atoms with Gasteiger partial charge in [0, 0.05) is 38.3 Å². The molecule has 0 N–H and O–H groups in total. The molecule has 5 rings (SSSR count). The van der Waals surface area contributed by atoms with E-state index in [4.69, 9.17) is 5.10 Å². The van der Waals surface area contributed by atoms with Gasteiger partial charge >= 0.3 is 0 Å². The van der Waals surface area contributed by atoms with Crippen LogP contribution in [-0.4, -0.2) is 36.0 Å². The van der Waals surface area contributed by atoms with Crippen molar-refractivity contribution in [1.29, 1.82) is 0 Å². The highest BCUT2D eigenvalue weighted by Gasteiger charge is 2.22. The van der Waals surface area contributed by atoms with Crippen molar-refractivity contribution in [3.63, 3.8) is 0 Å². The number of rotatable bonds is 3. The molecule has 0 aliphatic carbocycles. The Labute approximate surface area is 155 Å². The molecule has 1 aliphatic heterocycles. The molecule has 4 heterocycles. The number of para-hydroxylation sites is 1. The summed E-state index contributed by atoms with van der Waals surface area (Å²) < 4.78 is 17.9. The van der Waals surface area contributed by atoms with Crippen molar-refractivity contribution in [2.45, 2.75) is 19.6 Å². The Balaban J connectivity index is 1.41. The van der Waals surface area contributed by atoms with E-state index in [-0.39, 0.29) is 5.82 Å². The Hall–Kier alpha value is -3.06. The molecule has 0 spiro atoms. The predicted molar refractivity (Wildman–Crippen MR) is 100 cm³/mol. The Morgan fingerprint density at radius 2 is 1.96 bits per heavy atom. The molecule has 0 unspecified atom stereocenters. The topological polar surface area (TPSA) is 51.8 Å². The highest BCUT2D eigenvalue weighted by Crippen LogP contribution is 2.25. The minimum absolute atomic E-state index is 0.307. The van der Waals surface area contributed by atoms with Crippen LogP contribution in [0.15, 0.2) is 48.7 Å². The van der Waals surface area contributed by atoms with Gasteiger partial charge < -0.3 is 0 Å². The van der Waals surface area contributed by atoms with Gasteiger partial charge in [-0.25, -0.2) is 4.39 Å². The maximum Gasteiger partial charge on any atom is 0.151 e. The van der Waals surface area contributed by atoms with Crippen molar-refractivity contribution in [3.8, 4) is 11.4 Å². The second-order valence-electron chi connectivity index (χ2n) is 6.88. The van der Waals surface area contributed by atoms with Crippen molar-refractivity contribution in [2.75, 3.05) is 6.54 Å². The third-order valence-corrected chi connectivity index (χ3v) is 5.09. The molecular weight excluding hydrogens is 343 g/mol. The van der Waals surface area contributed by atoms with Gasteiger partial charge in [-0.1, -0.05) is 18.2 Å². The predicted octanol–water partition coefficient (Wildman–Crippen LogP) is 2.99. The van der Waals surface area contributed by atoms with Crippen molar-refractivity contribution in [1.82, 2.24) is 29.4 Å². The molecule has 6 nitrogen and oxygen atoms in total. The van der Waals surface area contributed by atoms with Crippen LogP contribution < -0.4 is 0 Å². The molecule has 4 aromatic rings. The molecule has 27 heavy (non-hydrogen) atoms. The number of hydrogen-bond acceptors (Lipinski definition) is 4. The largest absolute Gasteiger partial charge is 0.290 e. The van der Waals surface area contributed by atoms with E-state index in [1.807, 2.05) is 34.6 Å². The highest BCUT2D eigenvalue weighted by atomic mass is 19.1. The Kier molecular flexibility index (Phi) is 3.75. The summed E-state index contributed by atoms with van der Waals surface area (Å²) in [5.74, 6) is -0.343. The van der Waals surface area contributed by atoms with E-state index in [0.29, 0.717) is 11.4 Å². The number of pyridine rings is 1. The second kappa shape index (κ2) is 6.28. The van der Waals surface area contributed by atoms with Crippen LogP contribution in [0.2, 0.25) is 0 Å². The van der Waals surface area contributed by atoms with E-state index in [9.17, 15) is 4.39 Å². The molecule has 136 valence electrons. The van der Waals surface area contributed by atoms with Gasteiger partial charge in [-0.05, 0) is 24.3 Å². The first-order valence-electron chi connectivity index (χ1n) is 8.99. The van der Waals surface area contributed by atoms with Crippen LogP contribution in [0.1, 0.15) is 11.4 Å². The number of benzene rings is 1. The number of halogens is 1. The molecule has 1 aromatic carbocycles. The second-order valence-corrected chi connectivity index (χ2v) is 6.88. The molecule has 0 saturated heterocycles. The third-order valence-electron chi connectivity index (χ3n) is 5.09. The summed E-state index contributed by atoms with van der Waals surface area (Å²) in [4.78, 5) is 6.49. The van der Waals surface area contributed by atoms with Crippen LogP contribution >= 0.6 is 0 Å². The SMILES string of the molecule is Cn1nc(CN2CCn3nc(-c4ncccc4F)cc3C2)c2ccccc21. The van der Waals surface area contributed by atoms with Gasteiger partial charge in [0.25, 0.3) is 0 Å². The number of hydrogen-bond donors (Lipinski definition) is 0. The number of nitrogens with zero attached hydrogens (tertiary/aromatic N) is 6. The minimum atomic E-state index is -0.343. The Morgan fingerprint density at radius 3 is 2.85 bits per heavy atom. The van der Waals surface area contributed by atoms with Crippen molar-refractivity contribution >= 4 is 10.9 Å². The molecule has 0 bridgehead atoms. The first kappa shape index (κ1) is 16.1. The molecule has 0 atom stereocenters. The Bertz CT molecular complexity index is 1130. The summed E-state index contributed by atoms with van der Waals surface area (Å²) in [6.45, 7) is 3.18.